The number of hydrogen-bond donors (Lipinski definition) is 3. The van der Waals surface area contributed by atoms with Gasteiger partial charge in [0.1, 0.15) is 12.4 Å². The molecule has 1 fully saturated rings. The largest absolute Gasteiger partial charge is 0.441 e. The van der Waals surface area contributed by atoms with Crippen LogP contribution in [0.3, 0.4) is 0 Å². The summed E-state index contributed by atoms with van der Waals surface area (Å²) in [6, 6.07) is 8.49. The van der Waals surface area contributed by atoms with Crippen LogP contribution in [0.2, 0.25) is 0 Å². The molecule has 0 amide bonds. The predicted molar refractivity (Wildman–Crippen MR) is 90.8 cm³/mol. The minimum absolute atomic E-state index is 0.190. The first-order valence-corrected chi connectivity index (χ1v) is 8.30. The highest BCUT2D eigenvalue weighted by Gasteiger charge is 2.18. The number of oxazole rings is 1. The second kappa shape index (κ2) is 6.62. The number of nitrogens with zero attached hydrogens (tertiary/aromatic N) is 3. The fourth-order valence-electron chi connectivity index (χ4n) is 3.14. The van der Waals surface area contributed by atoms with Gasteiger partial charge in [0.2, 0.25) is 11.8 Å². The molecule has 1 aliphatic heterocycles. The average Bonchev–Trinajstić information content (AvgIpc) is 3.21. The molecular weight excluding hydrogens is 306 g/mol. The molecule has 0 saturated carbocycles. The number of aliphatic hydroxyl groups excluding tert-OH is 1. The molecule has 0 bridgehead atoms. The minimum Gasteiger partial charge on any atom is -0.441 e. The molecule has 3 heterocycles. The lowest BCUT2D eigenvalue weighted by atomic mass is 10.1. The van der Waals surface area contributed by atoms with Gasteiger partial charge in [-0.2, -0.15) is 0 Å². The van der Waals surface area contributed by atoms with E-state index >= 15 is 0 Å². The van der Waals surface area contributed by atoms with Gasteiger partial charge in [0.25, 0.3) is 0 Å². The molecule has 0 spiro atoms. The Morgan fingerprint density at radius 3 is 2.92 bits per heavy atom. The van der Waals surface area contributed by atoms with Crippen LogP contribution < -0.4 is 10.6 Å². The van der Waals surface area contributed by atoms with Gasteiger partial charge in [-0.15, -0.1) is 0 Å². The molecular formula is C17H21N5O2. The highest BCUT2D eigenvalue weighted by molar-refractivity contribution is 5.78. The number of nitrogens with one attached hydrogen (secondary N) is 2. The van der Waals surface area contributed by atoms with Crippen molar-refractivity contribution in [2.75, 3.05) is 18.4 Å². The molecule has 0 aliphatic carbocycles. The zero-order chi connectivity index (χ0) is 16.4. The topological polar surface area (TPSA) is 88.1 Å². The number of benzene rings is 1. The summed E-state index contributed by atoms with van der Waals surface area (Å²) in [6.07, 6.45) is 3.83. The summed E-state index contributed by atoms with van der Waals surface area (Å²) in [4.78, 5) is 8.81. The highest BCUT2D eigenvalue weighted by Crippen LogP contribution is 2.23. The van der Waals surface area contributed by atoms with Crippen molar-refractivity contribution in [3.63, 3.8) is 0 Å². The molecule has 1 aliphatic rings. The third-order valence-corrected chi connectivity index (χ3v) is 4.38. The van der Waals surface area contributed by atoms with Gasteiger partial charge in [-0.25, -0.2) is 9.97 Å². The minimum atomic E-state index is -0.190. The molecule has 1 aromatic carbocycles. The summed E-state index contributed by atoms with van der Waals surface area (Å²) in [5.74, 6) is 1.89. The Morgan fingerprint density at radius 2 is 2.12 bits per heavy atom. The predicted octanol–water partition coefficient (Wildman–Crippen LogP) is 1.73. The molecule has 3 N–H and O–H groups in total. The van der Waals surface area contributed by atoms with Crippen molar-refractivity contribution >= 4 is 17.0 Å². The molecule has 24 heavy (non-hydrogen) atoms. The van der Waals surface area contributed by atoms with Crippen molar-refractivity contribution in [3.8, 4) is 0 Å². The van der Waals surface area contributed by atoms with Gasteiger partial charge in [0, 0.05) is 6.04 Å². The van der Waals surface area contributed by atoms with Crippen molar-refractivity contribution in [1.82, 2.24) is 19.9 Å². The van der Waals surface area contributed by atoms with Crippen molar-refractivity contribution in [1.29, 1.82) is 0 Å². The second-order valence-corrected chi connectivity index (χ2v) is 6.06. The average molecular weight is 327 g/mol. The van der Waals surface area contributed by atoms with Crippen LogP contribution in [0.5, 0.6) is 0 Å². The Morgan fingerprint density at radius 1 is 1.29 bits per heavy atom. The lowest BCUT2D eigenvalue weighted by Gasteiger charge is -2.24. The molecule has 7 heteroatoms. The molecule has 0 atom stereocenters. The monoisotopic (exact) mass is 327 g/mol. The van der Waals surface area contributed by atoms with Crippen LogP contribution in [0.25, 0.3) is 11.0 Å². The quantitative estimate of drug-likeness (QED) is 0.661. The maximum atomic E-state index is 9.13. The van der Waals surface area contributed by atoms with Crippen molar-refractivity contribution in [2.24, 2.45) is 0 Å². The number of hydrogen-bond acceptors (Lipinski definition) is 6. The number of aromatic nitrogens is 3. The number of para-hydroxylation sites is 2. The molecule has 0 radical (unpaired) electrons. The molecule has 4 rings (SSSR count). The molecule has 1 saturated heterocycles. The van der Waals surface area contributed by atoms with Gasteiger partial charge in [-0.1, -0.05) is 12.1 Å². The number of anilines is 1. The number of aliphatic hydroxyl groups is 1. The van der Waals surface area contributed by atoms with Crippen LogP contribution in [0, 0.1) is 0 Å². The molecule has 0 unspecified atom stereocenters. The van der Waals surface area contributed by atoms with Gasteiger partial charge < -0.3 is 24.7 Å². The van der Waals surface area contributed by atoms with E-state index in [0.29, 0.717) is 24.2 Å². The number of imidazole rings is 1. The van der Waals surface area contributed by atoms with Gasteiger partial charge in [0.15, 0.2) is 0 Å². The summed E-state index contributed by atoms with van der Waals surface area (Å²) in [5.41, 5.74) is 2.01. The fourth-order valence-corrected chi connectivity index (χ4v) is 3.14. The van der Waals surface area contributed by atoms with Crippen LogP contribution in [0.1, 0.15) is 24.5 Å². The van der Waals surface area contributed by atoms with E-state index < -0.39 is 0 Å². The third-order valence-electron chi connectivity index (χ3n) is 4.38. The van der Waals surface area contributed by atoms with E-state index in [1.165, 1.54) is 0 Å². The van der Waals surface area contributed by atoms with Crippen molar-refractivity contribution in [3.05, 3.63) is 42.1 Å². The first-order valence-electron chi connectivity index (χ1n) is 8.30. The van der Waals surface area contributed by atoms with E-state index in [4.69, 9.17) is 14.5 Å². The fraction of sp³-hybridized carbons (Fsp3) is 0.412. The van der Waals surface area contributed by atoms with Crippen LogP contribution in [0.4, 0.5) is 5.95 Å². The number of fused-ring (bicyclic) bond motifs is 1. The van der Waals surface area contributed by atoms with E-state index in [1.54, 1.807) is 6.20 Å². The normalized spacial score (nSPS) is 15.9. The van der Waals surface area contributed by atoms with Crippen LogP contribution in [0.15, 0.2) is 34.9 Å². The Labute approximate surface area is 139 Å². The van der Waals surface area contributed by atoms with Gasteiger partial charge >= 0.3 is 0 Å². The zero-order valence-electron chi connectivity index (χ0n) is 13.4. The summed E-state index contributed by atoms with van der Waals surface area (Å²) >= 11 is 0. The molecule has 7 nitrogen and oxygen atoms in total. The van der Waals surface area contributed by atoms with Gasteiger partial charge in [-0.3, -0.25) is 0 Å². The Bertz CT molecular complexity index is 819. The smallest absolute Gasteiger partial charge is 0.220 e. The first-order chi connectivity index (χ1) is 11.8. The van der Waals surface area contributed by atoms with E-state index in [1.807, 2.05) is 18.2 Å². The zero-order valence-corrected chi connectivity index (χ0v) is 13.4. The third kappa shape index (κ3) is 3.00. The van der Waals surface area contributed by atoms with E-state index in [0.717, 1.165) is 42.9 Å². The van der Waals surface area contributed by atoms with Crippen molar-refractivity contribution < 1.29 is 9.52 Å². The van der Waals surface area contributed by atoms with E-state index in [-0.39, 0.29) is 6.61 Å². The number of piperidine rings is 1. The summed E-state index contributed by atoms with van der Waals surface area (Å²) in [6.45, 7) is 2.39. The maximum absolute atomic E-state index is 9.13. The SMILES string of the molecule is OCc1ncc(Cn2c(NC3CCNCC3)nc3ccccc32)o1. The second-order valence-electron chi connectivity index (χ2n) is 6.06. The summed E-state index contributed by atoms with van der Waals surface area (Å²) < 4.78 is 7.66. The maximum Gasteiger partial charge on any atom is 0.220 e. The van der Waals surface area contributed by atoms with Crippen LogP contribution >= 0.6 is 0 Å². The number of rotatable bonds is 5. The van der Waals surface area contributed by atoms with Gasteiger partial charge in [-0.05, 0) is 38.1 Å². The van der Waals surface area contributed by atoms with Crippen LogP contribution in [-0.2, 0) is 13.2 Å². The Kier molecular flexibility index (Phi) is 4.18. The standard InChI is InChI=1S/C17H21N5O2/c23-11-16-19-9-13(24-16)10-22-15-4-2-1-3-14(15)21-17(22)20-12-5-7-18-8-6-12/h1-4,9,12,18,23H,5-8,10-11H2,(H,20,21). The summed E-state index contributed by atoms with van der Waals surface area (Å²) in [5, 5.41) is 16.1. The summed E-state index contributed by atoms with van der Waals surface area (Å²) in [7, 11) is 0. The van der Waals surface area contributed by atoms with Crippen molar-refractivity contribution in [2.45, 2.75) is 32.0 Å². The van der Waals surface area contributed by atoms with E-state index in [9.17, 15) is 0 Å². The van der Waals surface area contributed by atoms with Gasteiger partial charge in [0.05, 0.1) is 23.8 Å². The Hall–Kier alpha value is -2.38. The molecule has 2 aromatic heterocycles. The first kappa shape index (κ1) is 15.2. The molecule has 3 aromatic rings. The van der Waals surface area contributed by atoms with Crippen LogP contribution in [-0.4, -0.2) is 38.8 Å². The van der Waals surface area contributed by atoms with E-state index in [2.05, 4.69) is 26.3 Å². The lowest BCUT2D eigenvalue weighted by Crippen LogP contribution is -2.36. The highest BCUT2D eigenvalue weighted by atomic mass is 16.4. The lowest BCUT2D eigenvalue weighted by molar-refractivity contribution is 0.236. The Balaban J connectivity index is 1.66. The molecule has 126 valence electrons.